The van der Waals surface area contributed by atoms with E-state index in [9.17, 15) is 4.79 Å². The third kappa shape index (κ3) is 2.97. The lowest BCUT2D eigenvalue weighted by Gasteiger charge is -2.00. The first-order chi connectivity index (χ1) is 12.5. The zero-order valence-corrected chi connectivity index (χ0v) is 15.3. The van der Waals surface area contributed by atoms with Crippen molar-refractivity contribution >= 4 is 23.0 Å². The Balaban J connectivity index is 1.52. The first-order valence-corrected chi connectivity index (χ1v) is 8.82. The Morgan fingerprint density at radius 1 is 1.27 bits per heavy atom. The Bertz CT molecular complexity index is 1100. The second kappa shape index (κ2) is 6.34. The molecule has 1 N–H and O–H groups in total. The van der Waals surface area contributed by atoms with E-state index in [1.807, 2.05) is 39.0 Å². The van der Waals surface area contributed by atoms with Crippen LogP contribution in [0.5, 0.6) is 0 Å². The molecular formula is C17H16N6O2S. The molecule has 0 radical (unpaired) electrons. The van der Waals surface area contributed by atoms with Gasteiger partial charge in [-0.1, -0.05) is 0 Å². The molecular weight excluding hydrogens is 352 g/mol. The van der Waals surface area contributed by atoms with Gasteiger partial charge in [-0.15, -0.1) is 16.4 Å². The van der Waals surface area contributed by atoms with Crippen molar-refractivity contribution in [2.24, 2.45) is 0 Å². The molecule has 9 heteroatoms. The fourth-order valence-corrected chi connectivity index (χ4v) is 3.57. The molecule has 0 fully saturated rings. The van der Waals surface area contributed by atoms with Crippen molar-refractivity contribution in [2.75, 3.05) is 0 Å². The molecule has 0 saturated carbocycles. The monoisotopic (exact) mass is 368 g/mol. The van der Waals surface area contributed by atoms with Crippen LogP contribution in [0, 0.1) is 20.8 Å². The van der Waals surface area contributed by atoms with Gasteiger partial charge >= 0.3 is 0 Å². The fraction of sp³-hybridized carbons (Fsp3) is 0.235. The van der Waals surface area contributed by atoms with Gasteiger partial charge in [0.25, 0.3) is 11.7 Å². The number of aromatic nitrogens is 5. The highest BCUT2D eigenvalue weighted by Crippen LogP contribution is 2.28. The van der Waals surface area contributed by atoms with E-state index in [4.69, 9.17) is 4.42 Å². The topological polar surface area (TPSA) is 98.2 Å². The van der Waals surface area contributed by atoms with Crippen molar-refractivity contribution in [3.63, 3.8) is 0 Å². The number of fused-ring (bicyclic) bond motifs is 1. The summed E-state index contributed by atoms with van der Waals surface area (Å²) in [5.74, 6) is 0.885. The van der Waals surface area contributed by atoms with E-state index in [-0.39, 0.29) is 11.7 Å². The molecule has 0 spiro atoms. The minimum Gasteiger partial charge on any atom is -0.462 e. The number of rotatable bonds is 4. The van der Waals surface area contributed by atoms with Gasteiger partial charge in [0.05, 0.1) is 18.5 Å². The number of carbonyl (C=O) groups is 1. The zero-order chi connectivity index (χ0) is 18.3. The van der Waals surface area contributed by atoms with Crippen molar-refractivity contribution in [1.82, 2.24) is 29.9 Å². The molecule has 0 unspecified atom stereocenters. The molecule has 0 aliphatic carbocycles. The lowest BCUT2D eigenvalue weighted by molar-refractivity contribution is 0.0941. The highest BCUT2D eigenvalue weighted by Gasteiger charge is 2.17. The van der Waals surface area contributed by atoms with E-state index in [0.717, 1.165) is 32.7 Å². The zero-order valence-electron chi connectivity index (χ0n) is 14.5. The number of carbonyl (C=O) groups excluding carboxylic acids is 1. The third-order valence-corrected chi connectivity index (χ3v) is 5.03. The molecule has 0 saturated heterocycles. The first kappa shape index (κ1) is 16.4. The number of nitrogens with one attached hydrogen (secondary N) is 1. The number of nitrogens with zero attached hydrogens (tertiary/aromatic N) is 5. The van der Waals surface area contributed by atoms with Crippen LogP contribution >= 0.6 is 11.3 Å². The minimum atomic E-state index is -0.347. The van der Waals surface area contributed by atoms with Crippen LogP contribution in [-0.2, 0) is 6.54 Å². The maximum Gasteiger partial charge on any atom is 0.291 e. The van der Waals surface area contributed by atoms with E-state index < -0.39 is 0 Å². The van der Waals surface area contributed by atoms with E-state index >= 15 is 0 Å². The summed E-state index contributed by atoms with van der Waals surface area (Å²) >= 11 is 1.49. The average Bonchev–Trinajstić information content (AvgIpc) is 3.31. The Kier molecular flexibility index (Phi) is 4.00. The molecule has 26 heavy (non-hydrogen) atoms. The van der Waals surface area contributed by atoms with Crippen LogP contribution in [0.1, 0.15) is 32.6 Å². The van der Waals surface area contributed by atoms with Crippen LogP contribution in [-0.4, -0.2) is 30.5 Å². The van der Waals surface area contributed by atoms with Crippen molar-refractivity contribution in [1.29, 1.82) is 0 Å². The summed E-state index contributed by atoms with van der Waals surface area (Å²) in [6.07, 6.45) is 1.61. The fourth-order valence-electron chi connectivity index (χ4n) is 2.60. The summed E-state index contributed by atoms with van der Waals surface area (Å²) in [5, 5.41) is 7.87. The normalized spacial score (nSPS) is 11.2. The van der Waals surface area contributed by atoms with Crippen LogP contribution < -0.4 is 5.32 Å². The highest BCUT2D eigenvalue weighted by atomic mass is 32.1. The predicted octanol–water partition coefficient (Wildman–Crippen LogP) is 2.70. The molecule has 4 aromatic rings. The number of thiazole rings is 1. The first-order valence-electron chi connectivity index (χ1n) is 8.00. The summed E-state index contributed by atoms with van der Waals surface area (Å²) in [6.45, 7) is 6.03. The molecule has 4 rings (SSSR count). The van der Waals surface area contributed by atoms with E-state index in [2.05, 4.69) is 25.4 Å². The number of amides is 1. The van der Waals surface area contributed by atoms with Gasteiger partial charge in [-0.05, 0) is 39.0 Å². The second-order valence-corrected chi connectivity index (χ2v) is 6.96. The Morgan fingerprint density at radius 2 is 2.12 bits per heavy atom. The van der Waals surface area contributed by atoms with Gasteiger partial charge in [0, 0.05) is 16.3 Å². The molecule has 0 aliphatic rings. The minimum absolute atomic E-state index is 0.0969. The van der Waals surface area contributed by atoms with E-state index in [0.29, 0.717) is 12.3 Å². The number of aryl methyl sites for hydroxylation is 3. The Hall–Kier alpha value is -3.07. The average molecular weight is 368 g/mol. The van der Waals surface area contributed by atoms with Crippen molar-refractivity contribution in [3.8, 4) is 10.8 Å². The molecule has 4 aromatic heterocycles. The van der Waals surface area contributed by atoms with Crippen LogP contribution in [0.15, 0.2) is 28.9 Å². The SMILES string of the molecule is Cc1cc(C)n2nc(C(=O)NCc3sc(-c4ccco4)nc3C)nc2n1. The van der Waals surface area contributed by atoms with Gasteiger partial charge in [-0.3, -0.25) is 4.79 Å². The van der Waals surface area contributed by atoms with Crippen LogP contribution in [0.25, 0.3) is 16.5 Å². The summed E-state index contributed by atoms with van der Waals surface area (Å²) < 4.78 is 6.93. The lowest BCUT2D eigenvalue weighted by Crippen LogP contribution is -2.24. The van der Waals surface area contributed by atoms with Gasteiger partial charge in [0.15, 0.2) is 10.8 Å². The van der Waals surface area contributed by atoms with Gasteiger partial charge in [-0.25, -0.2) is 14.5 Å². The maximum atomic E-state index is 12.4. The summed E-state index contributed by atoms with van der Waals surface area (Å²) in [5.41, 5.74) is 2.57. The largest absolute Gasteiger partial charge is 0.462 e. The third-order valence-electron chi connectivity index (χ3n) is 3.86. The number of hydrogen-bond acceptors (Lipinski definition) is 7. The van der Waals surface area contributed by atoms with Gasteiger partial charge in [-0.2, -0.15) is 4.98 Å². The molecule has 1 amide bonds. The number of hydrogen-bond donors (Lipinski definition) is 1. The summed E-state index contributed by atoms with van der Waals surface area (Å²) in [6, 6.07) is 5.57. The quantitative estimate of drug-likeness (QED) is 0.595. The molecule has 4 heterocycles. The molecule has 0 aliphatic heterocycles. The van der Waals surface area contributed by atoms with Gasteiger partial charge in [0.2, 0.25) is 5.82 Å². The van der Waals surface area contributed by atoms with Crippen molar-refractivity contribution in [2.45, 2.75) is 27.3 Å². The smallest absolute Gasteiger partial charge is 0.291 e. The van der Waals surface area contributed by atoms with E-state index in [1.54, 1.807) is 10.8 Å². The van der Waals surface area contributed by atoms with Crippen LogP contribution in [0.3, 0.4) is 0 Å². The van der Waals surface area contributed by atoms with Gasteiger partial charge < -0.3 is 9.73 Å². The van der Waals surface area contributed by atoms with Crippen molar-refractivity contribution in [3.05, 3.63) is 52.2 Å². The van der Waals surface area contributed by atoms with E-state index in [1.165, 1.54) is 11.3 Å². The number of furan rings is 1. The molecule has 0 atom stereocenters. The molecule has 0 bridgehead atoms. The molecule has 0 aromatic carbocycles. The Morgan fingerprint density at radius 3 is 2.88 bits per heavy atom. The summed E-state index contributed by atoms with van der Waals surface area (Å²) in [4.78, 5) is 26.4. The summed E-state index contributed by atoms with van der Waals surface area (Å²) in [7, 11) is 0. The molecule has 8 nitrogen and oxygen atoms in total. The van der Waals surface area contributed by atoms with Crippen LogP contribution in [0.4, 0.5) is 0 Å². The standard InChI is InChI=1S/C17H16N6O2S/c1-9-7-10(2)23-17(19-9)21-14(22-23)15(24)18-8-13-11(3)20-16(26-13)12-5-4-6-25-12/h4-7H,8H2,1-3H3,(H,18,24). The maximum absolute atomic E-state index is 12.4. The second-order valence-electron chi connectivity index (χ2n) is 5.87. The predicted molar refractivity (Wildman–Crippen MR) is 96.0 cm³/mol. The Labute approximate surface area is 152 Å². The van der Waals surface area contributed by atoms with Crippen molar-refractivity contribution < 1.29 is 9.21 Å². The lowest BCUT2D eigenvalue weighted by atomic mass is 10.4. The molecule has 132 valence electrons. The van der Waals surface area contributed by atoms with Crippen LogP contribution in [0.2, 0.25) is 0 Å². The highest BCUT2D eigenvalue weighted by molar-refractivity contribution is 7.15. The van der Waals surface area contributed by atoms with Gasteiger partial charge in [0.1, 0.15) is 0 Å².